The highest BCUT2D eigenvalue weighted by Crippen LogP contribution is 2.05. The number of carbonyl (C=O) groups is 2. The van der Waals surface area contributed by atoms with Gasteiger partial charge in [0.2, 0.25) is 0 Å². The quantitative estimate of drug-likeness (QED) is 0.210. The molecule has 4 heteroatoms. The number of esters is 1. The first-order valence-corrected chi connectivity index (χ1v) is 12.1. The Morgan fingerprint density at radius 1 is 0.724 bits per heavy atom. The van der Waals surface area contributed by atoms with E-state index in [9.17, 15) is 9.59 Å². The third kappa shape index (κ3) is 42.3. The summed E-state index contributed by atoms with van der Waals surface area (Å²) in [5.41, 5.74) is 0. The summed E-state index contributed by atoms with van der Waals surface area (Å²) in [7, 11) is 1.44. The Kier molecular flexibility index (Phi) is 33.1. The standard InChI is InChI=1S/C9H18O2.C8H18O.C8H16O/c1-3-4-5-6-7-8-9(10)11-2;2*1-3-4-5-6-7-8(2)9/h3-8H2,1-2H3;8-9H,3-7H2,1-2H3;3-7H2,1-2H3. The summed E-state index contributed by atoms with van der Waals surface area (Å²) in [4.78, 5) is 21.0. The molecule has 0 fully saturated rings. The molecule has 176 valence electrons. The van der Waals surface area contributed by atoms with Crippen molar-refractivity contribution < 1.29 is 19.4 Å². The minimum atomic E-state index is -0.0955. The summed E-state index contributed by atoms with van der Waals surface area (Å²) in [6.07, 6.45) is 18.0. The molecule has 0 bridgehead atoms. The molecule has 1 atom stereocenters. The first kappa shape index (κ1) is 32.8. The van der Waals surface area contributed by atoms with E-state index in [1.54, 1.807) is 6.92 Å². The van der Waals surface area contributed by atoms with Gasteiger partial charge in [-0.1, -0.05) is 91.4 Å². The number of methoxy groups -OCH3 is 1. The summed E-state index contributed by atoms with van der Waals surface area (Å²) in [6.45, 7) is 10.1. The van der Waals surface area contributed by atoms with Crippen LogP contribution >= 0.6 is 0 Å². The molecule has 1 unspecified atom stereocenters. The van der Waals surface area contributed by atoms with Crippen LogP contribution in [0, 0.1) is 0 Å². The summed E-state index contributed by atoms with van der Waals surface area (Å²) in [5.74, 6) is 0.243. The van der Waals surface area contributed by atoms with Crippen LogP contribution in [-0.2, 0) is 14.3 Å². The number of aliphatic hydroxyl groups is 1. The number of carbonyl (C=O) groups excluding carboxylic acids is 2. The minimum Gasteiger partial charge on any atom is -0.469 e. The van der Waals surface area contributed by atoms with Crippen LogP contribution in [0.1, 0.15) is 137 Å². The van der Waals surface area contributed by atoms with E-state index in [-0.39, 0.29) is 12.1 Å². The molecule has 0 aliphatic carbocycles. The van der Waals surface area contributed by atoms with Crippen molar-refractivity contribution in [3.8, 4) is 0 Å². The van der Waals surface area contributed by atoms with Crippen LogP contribution in [0.2, 0.25) is 0 Å². The van der Waals surface area contributed by atoms with Crippen LogP contribution in [0.4, 0.5) is 0 Å². The Morgan fingerprint density at radius 3 is 1.55 bits per heavy atom. The number of rotatable bonds is 16. The molecule has 0 radical (unpaired) electrons. The Labute approximate surface area is 182 Å². The van der Waals surface area contributed by atoms with Crippen LogP contribution < -0.4 is 0 Å². The zero-order chi connectivity index (χ0) is 22.8. The van der Waals surface area contributed by atoms with Crippen molar-refractivity contribution in [2.45, 2.75) is 143 Å². The number of hydrogen-bond donors (Lipinski definition) is 1. The fraction of sp³-hybridized carbons (Fsp3) is 0.920. The maximum absolute atomic E-state index is 10.6. The van der Waals surface area contributed by atoms with Crippen molar-refractivity contribution in [3.05, 3.63) is 0 Å². The monoisotopic (exact) mass is 416 g/mol. The Hall–Kier alpha value is -0.900. The van der Waals surface area contributed by atoms with E-state index in [4.69, 9.17) is 5.11 Å². The molecule has 0 aliphatic rings. The molecule has 0 aliphatic heterocycles. The van der Waals surface area contributed by atoms with E-state index in [0.717, 1.165) is 32.1 Å². The van der Waals surface area contributed by atoms with Crippen LogP contribution in [0.5, 0.6) is 0 Å². The second-order valence-corrected chi connectivity index (χ2v) is 7.95. The van der Waals surface area contributed by atoms with Crippen molar-refractivity contribution in [3.63, 3.8) is 0 Å². The highest BCUT2D eigenvalue weighted by Gasteiger charge is 1.98. The van der Waals surface area contributed by atoms with Gasteiger partial charge < -0.3 is 14.6 Å². The van der Waals surface area contributed by atoms with Crippen molar-refractivity contribution in [2.24, 2.45) is 0 Å². The largest absolute Gasteiger partial charge is 0.469 e. The lowest BCUT2D eigenvalue weighted by atomic mass is 10.1. The third-order valence-corrected chi connectivity index (χ3v) is 4.57. The lowest BCUT2D eigenvalue weighted by molar-refractivity contribution is -0.140. The second-order valence-electron chi connectivity index (χ2n) is 7.95. The summed E-state index contributed by atoms with van der Waals surface area (Å²) < 4.78 is 4.52. The SMILES string of the molecule is CCCCCCC(C)=O.CCCCCCC(C)O.CCCCCCCC(=O)OC. The molecular formula is C25H52O4. The van der Waals surface area contributed by atoms with Crippen LogP contribution in [0.3, 0.4) is 0 Å². The fourth-order valence-corrected chi connectivity index (χ4v) is 2.64. The van der Waals surface area contributed by atoms with Gasteiger partial charge in [-0.15, -0.1) is 0 Å². The third-order valence-electron chi connectivity index (χ3n) is 4.57. The van der Waals surface area contributed by atoms with E-state index in [1.165, 1.54) is 71.3 Å². The van der Waals surface area contributed by atoms with E-state index in [1.807, 2.05) is 6.92 Å². The van der Waals surface area contributed by atoms with E-state index >= 15 is 0 Å². The highest BCUT2D eigenvalue weighted by atomic mass is 16.5. The summed E-state index contributed by atoms with van der Waals surface area (Å²) >= 11 is 0. The van der Waals surface area contributed by atoms with Gasteiger partial charge in [0.1, 0.15) is 5.78 Å². The van der Waals surface area contributed by atoms with Gasteiger partial charge in [-0.25, -0.2) is 0 Å². The number of hydrogen-bond acceptors (Lipinski definition) is 4. The fourth-order valence-electron chi connectivity index (χ4n) is 2.64. The van der Waals surface area contributed by atoms with Crippen LogP contribution in [0.25, 0.3) is 0 Å². The molecule has 0 amide bonds. The Morgan fingerprint density at radius 2 is 1.14 bits per heavy atom. The molecule has 0 aromatic carbocycles. The average Bonchev–Trinajstić information content (AvgIpc) is 2.69. The predicted molar refractivity (Wildman–Crippen MR) is 125 cm³/mol. The second kappa shape index (κ2) is 29.3. The van der Waals surface area contributed by atoms with Crippen LogP contribution in [0.15, 0.2) is 0 Å². The van der Waals surface area contributed by atoms with Gasteiger partial charge in [-0.3, -0.25) is 4.79 Å². The Bertz CT molecular complexity index is 327. The Balaban J connectivity index is -0.000000352. The predicted octanol–water partition coefficient (Wildman–Crippen LogP) is 7.40. The molecule has 29 heavy (non-hydrogen) atoms. The molecule has 0 aromatic rings. The van der Waals surface area contributed by atoms with Crippen LogP contribution in [-0.4, -0.2) is 30.1 Å². The number of Topliss-reactive ketones (excluding diaryl/α,β-unsaturated/α-hetero) is 1. The van der Waals surface area contributed by atoms with Gasteiger partial charge in [0, 0.05) is 12.8 Å². The molecule has 0 saturated heterocycles. The number of unbranched alkanes of at least 4 members (excludes halogenated alkanes) is 10. The number of ether oxygens (including phenoxy) is 1. The highest BCUT2D eigenvalue weighted by molar-refractivity contribution is 5.75. The van der Waals surface area contributed by atoms with Gasteiger partial charge in [0.25, 0.3) is 0 Å². The molecule has 0 aromatic heterocycles. The first-order chi connectivity index (χ1) is 13.8. The smallest absolute Gasteiger partial charge is 0.305 e. The molecule has 0 heterocycles. The van der Waals surface area contributed by atoms with Gasteiger partial charge in [-0.05, 0) is 33.1 Å². The number of aliphatic hydroxyl groups excluding tert-OH is 1. The first-order valence-electron chi connectivity index (χ1n) is 12.1. The van der Waals surface area contributed by atoms with Gasteiger partial charge in [0.15, 0.2) is 0 Å². The summed E-state index contributed by atoms with van der Waals surface area (Å²) in [6, 6.07) is 0. The average molecular weight is 417 g/mol. The molecular weight excluding hydrogens is 364 g/mol. The van der Waals surface area contributed by atoms with Gasteiger partial charge in [-0.2, -0.15) is 0 Å². The lowest BCUT2D eigenvalue weighted by Gasteiger charge is -2.01. The van der Waals surface area contributed by atoms with E-state index in [0.29, 0.717) is 12.2 Å². The minimum absolute atomic E-state index is 0.0819. The molecule has 4 nitrogen and oxygen atoms in total. The molecule has 0 saturated carbocycles. The normalized spacial score (nSPS) is 10.9. The topological polar surface area (TPSA) is 63.6 Å². The van der Waals surface area contributed by atoms with Gasteiger partial charge >= 0.3 is 5.97 Å². The van der Waals surface area contributed by atoms with E-state index < -0.39 is 0 Å². The zero-order valence-electron chi connectivity index (χ0n) is 20.6. The lowest BCUT2D eigenvalue weighted by Crippen LogP contribution is -1.98. The zero-order valence-corrected chi connectivity index (χ0v) is 20.6. The van der Waals surface area contributed by atoms with Crippen molar-refractivity contribution in [2.75, 3.05) is 7.11 Å². The summed E-state index contributed by atoms with van der Waals surface area (Å²) in [5, 5.41) is 8.85. The maximum Gasteiger partial charge on any atom is 0.305 e. The molecule has 0 rings (SSSR count). The molecule has 0 spiro atoms. The van der Waals surface area contributed by atoms with Gasteiger partial charge in [0.05, 0.1) is 13.2 Å². The maximum atomic E-state index is 10.6. The van der Waals surface area contributed by atoms with Crippen molar-refractivity contribution in [1.29, 1.82) is 0 Å². The van der Waals surface area contributed by atoms with Crippen molar-refractivity contribution >= 4 is 11.8 Å². The number of ketones is 1. The molecule has 1 N–H and O–H groups in total. The van der Waals surface area contributed by atoms with E-state index in [2.05, 4.69) is 25.5 Å². The van der Waals surface area contributed by atoms with Crippen molar-refractivity contribution in [1.82, 2.24) is 0 Å².